The van der Waals surface area contributed by atoms with Crippen LogP contribution in [0.4, 0.5) is 0 Å². The average molecular weight is 189 g/mol. The van der Waals surface area contributed by atoms with Crippen molar-refractivity contribution in [3.8, 4) is 5.75 Å². The summed E-state index contributed by atoms with van der Waals surface area (Å²) in [4.78, 5) is 0. The lowest BCUT2D eigenvalue weighted by atomic mass is 9.87. The predicted octanol–water partition coefficient (Wildman–Crippen LogP) is 3.58. The zero-order valence-corrected chi connectivity index (χ0v) is 8.92. The number of rotatable bonds is 2. The highest BCUT2D eigenvalue weighted by molar-refractivity contribution is 5.41. The molecule has 0 N–H and O–H groups in total. The second-order valence-corrected chi connectivity index (χ2v) is 3.94. The molecule has 2 rings (SSSR count). The van der Waals surface area contributed by atoms with Crippen LogP contribution in [-0.2, 0) is 0 Å². The number of ether oxygens (including phenoxy) is 1. The van der Waals surface area contributed by atoms with Crippen molar-refractivity contribution in [2.24, 2.45) is 0 Å². The van der Waals surface area contributed by atoms with Gasteiger partial charge in [-0.2, -0.15) is 0 Å². The van der Waals surface area contributed by atoms with Crippen LogP contribution in [0.25, 0.3) is 0 Å². The van der Waals surface area contributed by atoms with E-state index in [1.165, 1.54) is 5.56 Å². The molecule has 0 spiro atoms. The van der Waals surface area contributed by atoms with E-state index in [-0.39, 0.29) is 5.60 Å². The minimum atomic E-state index is 0.0500. The Kier molecular flexibility index (Phi) is 2.49. The summed E-state index contributed by atoms with van der Waals surface area (Å²) in [6.45, 7) is 4.40. The molecule has 1 aliphatic rings. The number of benzene rings is 1. The predicted molar refractivity (Wildman–Crippen MR) is 58.4 cm³/mol. The standard InChI is InChI=1S/C13H17O/c1-3-13(4-2)10-9-11-7-5-6-8-12(11)14-13/h5-9H,3-4,10H2,1-2H3. The summed E-state index contributed by atoms with van der Waals surface area (Å²) in [6, 6.07) is 8.27. The molecule has 1 heterocycles. The van der Waals surface area contributed by atoms with Gasteiger partial charge in [-0.3, -0.25) is 0 Å². The van der Waals surface area contributed by atoms with Crippen molar-refractivity contribution < 1.29 is 4.74 Å². The molecule has 0 saturated carbocycles. The van der Waals surface area contributed by atoms with Crippen LogP contribution in [0.2, 0.25) is 0 Å². The fraction of sp³-hybridized carbons (Fsp3) is 0.462. The molecule has 1 heteroatoms. The van der Waals surface area contributed by atoms with Crippen LogP contribution in [-0.4, -0.2) is 5.60 Å². The fourth-order valence-electron chi connectivity index (χ4n) is 2.00. The van der Waals surface area contributed by atoms with E-state index in [2.05, 4.69) is 38.5 Å². The minimum Gasteiger partial charge on any atom is -0.487 e. The lowest BCUT2D eigenvalue weighted by molar-refractivity contribution is 0.0509. The van der Waals surface area contributed by atoms with Gasteiger partial charge in [0.2, 0.25) is 0 Å². The van der Waals surface area contributed by atoms with E-state index in [1.54, 1.807) is 0 Å². The van der Waals surface area contributed by atoms with Crippen LogP contribution >= 0.6 is 0 Å². The van der Waals surface area contributed by atoms with Gasteiger partial charge in [-0.15, -0.1) is 0 Å². The Morgan fingerprint density at radius 3 is 2.64 bits per heavy atom. The molecule has 1 aliphatic heterocycles. The Morgan fingerprint density at radius 2 is 1.93 bits per heavy atom. The van der Waals surface area contributed by atoms with Crippen LogP contribution in [0.15, 0.2) is 24.3 Å². The summed E-state index contributed by atoms with van der Waals surface area (Å²) in [7, 11) is 0. The van der Waals surface area contributed by atoms with Gasteiger partial charge in [-0.25, -0.2) is 0 Å². The normalized spacial score (nSPS) is 18.4. The van der Waals surface area contributed by atoms with Gasteiger partial charge in [-0.05, 0) is 37.3 Å². The third-order valence-corrected chi connectivity index (χ3v) is 3.23. The Bertz CT molecular complexity index is 313. The molecule has 1 nitrogen and oxygen atoms in total. The van der Waals surface area contributed by atoms with Gasteiger partial charge in [0.25, 0.3) is 0 Å². The molecule has 0 bridgehead atoms. The van der Waals surface area contributed by atoms with Crippen LogP contribution in [0.3, 0.4) is 0 Å². The quantitative estimate of drug-likeness (QED) is 0.691. The van der Waals surface area contributed by atoms with E-state index in [1.807, 2.05) is 6.07 Å². The first-order valence-corrected chi connectivity index (χ1v) is 5.41. The van der Waals surface area contributed by atoms with Gasteiger partial charge in [-0.1, -0.05) is 32.0 Å². The van der Waals surface area contributed by atoms with Crippen LogP contribution in [0, 0.1) is 6.42 Å². The van der Waals surface area contributed by atoms with E-state index >= 15 is 0 Å². The zero-order chi connectivity index (χ0) is 10.0. The first-order valence-electron chi connectivity index (χ1n) is 5.41. The number of fused-ring (bicyclic) bond motifs is 1. The Balaban J connectivity index is 2.28. The van der Waals surface area contributed by atoms with Crippen molar-refractivity contribution in [3.63, 3.8) is 0 Å². The van der Waals surface area contributed by atoms with E-state index in [0.717, 1.165) is 25.0 Å². The molecule has 0 amide bonds. The first-order chi connectivity index (χ1) is 6.79. The van der Waals surface area contributed by atoms with Crippen molar-refractivity contribution in [1.29, 1.82) is 0 Å². The van der Waals surface area contributed by atoms with E-state index in [4.69, 9.17) is 4.74 Å². The van der Waals surface area contributed by atoms with Gasteiger partial charge in [0.1, 0.15) is 11.4 Å². The van der Waals surface area contributed by atoms with Crippen molar-refractivity contribution in [2.75, 3.05) is 0 Å². The largest absolute Gasteiger partial charge is 0.487 e. The van der Waals surface area contributed by atoms with E-state index in [0.29, 0.717) is 0 Å². The van der Waals surface area contributed by atoms with Gasteiger partial charge in [0.05, 0.1) is 0 Å². The van der Waals surface area contributed by atoms with Crippen molar-refractivity contribution in [2.45, 2.75) is 38.7 Å². The molecule has 0 fully saturated rings. The summed E-state index contributed by atoms with van der Waals surface area (Å²) in [5.41, 5.74) is 1.29. The molecular weight excluding hydrogens is 172 g/mol. The van der Waals surface area contributed by atoms with Gasteiger partial charge in [0.15, 0.2) is 0 Å². The van der Waals surface area contributed by atoms with Gasteiger partial charge >= 0.3 is 0 Å². The molecule has 1 aromatic rings. The van der Waals surface area contributed by atoms with Crippen molar-refractivity contribution in [3.05, 3.63) is 36.2 Å². The first kappa shape index (κ1) is 9.57. The fourth-order valence-corrected chi connectivity index (χ4v) is 2.00. The summed E-state index contributed by atoms with van der Waals surface area (Å²) < 4.78 is 6.09. The van der Waals surface area contributed by atoms with Gasteiger partial charge in [0, 0.05) is 0 Å². The lowest BCUT2D eigenvalue weighted by Crippen LogP contribution is -2.37. The maximum Gasteiger partial charge on any atom is 0.123 e. The molecule has 75 valence electrons. The third kappa shape index (κ3) is 1.52. The molecule has 14 heavy (non-hydrogen) atoms. The lowest BCUT2D eigenvalue weighted by Gasteiger charge is -2.37. The maximum absolute atomic E-state index is 6.09. The van der Waals surface area contributed by atoms with Crippen LogP contribution < -0.4 is 4.74 Å². The van der Waals surface area contributed by atoms with Crippen LogP contribution in [0.5, 0.6) is 5.75 Å². The Hall–Kier alpha value is -0.980. The second-order valence-electron chi connectivity index (χ2n) is 3.94. The zero-order valence-electron chi connectivity index (χ0n) is 8.92. The Morgan fingerprint density at radius 1 is 1.21 bits per heavy atom. The Labute approximate surface area is 86.1 Å². The summed E-state index contributed by atoms with van der Waals surface area (Å²) in [5, 5.41) is 0. The molecule has 0 aliphatic carbocycles. The molecule has 0 saturated heterocycles. The molecule has 0 aromatic heterocycles. The second kappa shape index (κ2) is 3.64. The number of hydrogen-bond donors (Lipinski definition) is 0. The van der Waals surface area contributed by atoms with Crippen molar-refractivity contribution >= 4 is 0 Å². The highest BCUT2D eigenvalue weighted by atomic mass is 16.5. The summed E-state index contributed by atoms with van der Waals surface area (Å²) in [5.74, 6) is 1.04. The molecule has 1 radical (unpaired) electrons. The van der Waals surface area contributed by atoms with E-state index in [9.17, 15) is 0 Å². The molecule has 1 aromatic carbocycles. The van der Waals surface area contributed by atoms with Crippen molar-refractivity contribution in [1.82, 2.24) is 0 Å². The topological polar surface area (TPSA) is 9.23 Å². The van der Waals surface area contributed by atoms with E-state index < -0.39 is 0 Å². The third-order valence-electron chi connectivity index (χ3n) is 3.23. The SMILES string of the molecule is CCC1(CC)C[CH]c2ccccc2O1. The smallest absolute Gasteiger partial charge is 0.123 e. The average Bonchev–Trinajstić information content (AvgIpc) is 2.28. The summed E-state index contributed by atoms with van der Waals surface area (Å²) in [6.07, 6.45) is 5.49. The number of para-hydroxylation sites is 1. The monoisotopic (exact) mass is 189 g/mol. The maximum atomic E-state index is 6.09. The summed E-state index contributed by atoms with van der Waals surface area (Å²) >= 11 is 0. The molecule has 0 atom stereocenters. The highest BCUT2D eigenvalue weighted by Gasteiger charge is 2.32. The van der Waals surface area contributed by atoms with Crippen LogP contribution in [0.1, 0.15) is 38.7 Å². The minimum absolute atomic E-state index is 0.0500. The van der Waals surface area contributed by atoms with Gasteiger partial charge < -0.3 is 4.74 Å². The number of hydrogen-bond acceptors (Lipinski definition) is 1. The molecular formula is C13H17O. The highest BCUT2D eigenvalue weighted by Crippen LogP contribution is 2.37. The molecule has 0 unspecified atom stereocenters.